The molecule has 1 aromatic carbocycles. The van der Waals surface area contributed by atoms with Gasteiger partial charge in [0.25, 0.3) is 18.2 Å². The van der Waals surface area contributed by atoms with Gasteiger partial charge in [-0.3, -0.25) is 29.4 Å². The molecular weight excluding hydrogens is 547 g/mol. The number of aromatic nitrogens is 4. The van der Waals surface area contributed by atoms with Crippen LogP contribution in [0.5, 0.6) is 0 Å². The van der Waals surface area contributed by atoms with Crippen LogP contribution in [0.15, 0.2) is 46.4 Å². The number of amides is 4. The first-order valence-corrected chi connectivity index (χ1v) is 12.6. The number of imide groups is 2. The summed E-state index contributed by atoms with van der Waals surface area (Å²) >= 11 is 0. The van der Waals surface area contributed by atoms with Crippen LogP contribution in [0.25, 0.3) is 22.8 Å². The average Bonchev–Trinajstić information content (AvgIpc) is 3.52. The van der Waals surface area contributed by atoms with Gasteiger partial charge in [-0.1, -0.05) is 11.2 Å². The largest absolute Gasteiger partial charge is 0.357 e. The Morgan fingerprint density at radius 1 is 1.02 bits per heavy atom. The molecule has 3 aromatic rings. The number of benzene rings is 1. The summed E-state index contributed by atoms with van der Waals surface area (Å²) in [4.78, 5) is 64.8. The number of hydrogen-bond donors (Lipinski definition) is 1. The fourth-order valence-corrected chi connectivity index (χ4v) is 5.12. The van der Waals surface area contributed by atoms with Gasteiger partial charge in [0.05, 0.1) is 23.2 Å². The van der Waals surface area contributed by atoms with Crippen LogP contribution in [0.2, 0.25) is 0 Å². The van der Waals surface area contributed by atoms with Crippen molar-refractivity contribution in [2.75, 3.05) is 6.54 Å². The fraction of sp³-hybridized carbons (Fsp3) is 0.308. The minimum absolute atomic E-state index is 0.0114. The smallest absolute Gasteiger partial charge is 0.278 e. The maximum Gasteiger partial charge on any atom is 0.278 e. The van der Waals surface area contributed by atoms with Gasteiger partial charge in [-0.05, 0) is 31.4 Å². The third-order valence-corrected chi connectivity index (χ3v) is 7.08. The molecule has 3 aliphatic rings. The Balaban J connectivity index is 1.23. The van der Waals surface area contributed by atoms with Crippen molar-refractivity contribution in [2.45, 2.75) is 44.7 Å². The molecule has 1 unspecified atom stereocenters. The summed E-state index contributed by atoms with van der Waals surface area (Å²) in [6, 6.07) is 3.21. The summed E-state index contributed by atoms with van der Waals surface area (Å²) in [5.74, 6) is -3.33. The lowest BCUT2D eigenvalue weighted by Crippen LogP contribution is -2.55. The first-order valence-electron chi connectivity index (χ1n) is 12.6. The van der Waals surface area contributed by atoms with Gasteiger partial charge in [0.1, 0.15) is 17.6 Å². The van der Waals surface area contributed by atoms with E-state index in [0.717, 1.165) is 17.3 Å². The van der Waals surface area contributed by atoms with Crippen LogP contribution in [-0.4, -0.2) is 66.1 Å². The Hall–Kier alpha value is -4.95. The van der Waals surface area contributed by atoms with E-state index < -0.39 is 47.5 Å². The molecule has 1 fully saturated rings. The third-order valence-electron chi connectivity index (χ3n) is 7.08. The fourth-order valence-electron chi connectivity index (χ4n) is 5.12. The zero-order valence-corrected chi connectivity index (χ0v) is 21.1. The summed E-state index contributed by atoms with van der Waals surface area (Å²) in [6.07, 6.45) is 0.0195. The minimum Gasteiger partial charge on any atom is -0.357 e. The van der Waals surface area contributed by atoms with E-state index in [1.54, 1.807) is 4.90 Å². The van der Waals surface area contributed by atoms with Gasteiger partial charge >= 0.3 is 0 Å². The summed E-state index contributed by atoms with van der Waals surface area (Å²) in [7, 11) is 0. The van der Waals surface area contributed by atoms with E-state index in [9.17, 15) is 28.0 Å². The number of piperidine rings is 1. The number of hydrogen-bond acceptors (Lipinski definition) is 10. The summed E-state index contributed by atoms with van der Waals surface area (Å²) < 4.78 is 46.4. The topological polar surface area (TPSA) is 151 Å². The van der Waals surface area contributed by atoms with Crippen LogP contribution in [0.3, 0.4) is 0 Å². The number of carbonyl (C=O) groups excluding carboxylic acids is 4. The molecule has 0 aliphatic carbocycles. The number of halogens is 3. The highest BCUT2D eigenvalue weighted by atomic mass is 19.3. The Bertz CT molecular complexity index is 1620. The van der Waals surface area contributed by atoms with E-state index in [2.05, 4.69) is 25.4 Å². The highest BCUT2D eigenvalue weighted by Gasteiger charge is 2.48. The van der Waals surface area contributed by atoms with Crippen LogP contribution in [0.4, 0.5) is 13.2 Å². The SMILES string of the molecule is O=C1CCC(N2C(=O)C3=C(C2=O)N(Cc2nc(-c4cccc(-c5ncc(C(F)F)cn5)c4F)no2)CCC3)C(=O)N1. The van der Waals surface area contributed by atoms with Gasteiger partial charge in [-0.25, -0.2) is 23.1 Å². The van der Waals surface area contributed by atoms with Gasteiger partial charge < -0.3 is 9.42 Å². The number of carbonyl (C=O) groups is 4. The van der Waals surface area contributed by atoms with Crippen LogP contribution >= 0.6 is 0 Å². The molecule has 5 heterocycles. The van der Waals surface area contributed by atoms with Crippen molar-refractivity contribution >= 4 is 23.6 Å². The lowest BCUT2D eigenvalue weighted by molar-refractivity contribution is -0.150. The molecule has 6 rings (SSSR count). The average molecular weight is 567 g/mol. The molecule has 0 saturated carbocycles. The highest BCUT2D eigenvalue weighted by Crippen LogP contribution is 2.35. The molecule has 15 heteroatoms. The Labute approximate surface area is 229 Å². The lowest BCUT2D eigenvalue weighted by atomic mass is 10.0. The second-order valence-electron chi connectivity index (χ2n) is 9.62. The molecule has 1 saturated heterocycles. The van der Waals surface area contributed by atoms with Crippen LogP contribution in [0.1, 0.15) is 43.6 Å². The molecule has 3 aliphatic heterocycles. The summed E-state index contributed by atoms with van der Waals surface area (Å²) in [5, 5.41) is 6.02. The van der Waals surface area contributed by atoms with Crippen molar-refractivity contribution in [3.63, 3.8) is 0 Å². The van der Waals surface area contributed by atoms with Gasteiger partial charge in [-0.15, -0.1) is 0 Å². The van der Waals surface area contributed by atoms with E-state index in [1.807, 2.05) is 0 Å². The summed E-state index contributed by atoms with van der Waals surface area (Å²) in [6.45, 7) is 0.322. The van der Waals surface area contributed by atoms with E-state index in [1.165, 1.54) is 18.2 Å². The molecule has 0 bridgehead atoms. The molecule has 2 aromatic heterocycles. The molecule has 41 heavy (non-hydrogen) atoms. The lowest BCUT2D eigenvalue weighted by Gasteiger charge is -2.29. The maximum atomic E-state index is 15.4. The van der Waals surface area contributed by atoms with Crippen molar-refractivity contribution in [3.8, 4) is 22.8 Å². The molecule has 1 atom stereocenters. The van der Waals surface area contributed by atoms with Crippen LogP contribution < -0.4 is 5.32 Å². The van der Waals surface area contributed by atoms with Crippen LogP contribution in [-0.2, 0) is 25.7 Å². The first-order chi connectivity index (χ1) is 19.7. The molecule has 0 spiro atoms. The van der Waals surface area contributed by atoms with Gasteiger partial charge in [0.15, 0.2) is 5.82 Å². The number of nitrogens with one attached hydrogen (secondary N) is 1. The standard InChI is InChI=1S/C26H20F3N7O5/c27-19-13(22-30-9-12(10-31-22)21(28)29)3-1-4-14(19)23-33-18(41-34-23)11-35-8-2-5-15-20(35)26(40)36(25(15)39)16-6-7-17(37)32-24(16)38/h1,3-4,9-10,16,21H,2,5-8,11H2,(H,32,37,38). The predicted octanol–water partition coefficient (Wildman–Crippen LogP) is 2.29. The predicted molar refractivity (Wildman–Crippen MR) is 130 cm³/mol. The van der Waals surface area contributed by atoms with Crippen LogP contribution in [0, 0.1) is 5.82 Å². The van der Waals surface area contributed by atoms with Crippen molar-refractivity contribution in [1.82, 2.24) is 35.2 Å². The zero-order valence-electron chi connectivity index (χ0n) is 21.1. The second kappa shape index (κ2) is 10.2. The second-order valence-corrected chi connectivity index (χ2v) is 9.62. The van der Waals surface area contributed by atoms with E-state index in [4.69, 9.17) is 4.52 Å². The molecule has 1 N–H and O–H groups in total. The van der Waals surface area contributed by atoms with E-state index in [-0.39, 0.29) is 59.3 Å². The Morgan fingerprint density at radius 3 is 2.46 bits per heavy atom. The first kappa shape index (κ1) is 26.3. The number of nitrogens with zero attached hydrogens (tertiary/aromatic N) is 6. The summed E-state index contributed by atoms with van der Waals surface area (Å²) in [5.41, 5.74) is -0.102. The van der Waals surface area contributed by atoms with E-state index in [0.29, 0.717) is 19.4 Å². The molecular formula is C26H20F3N7O5. The molecule has 4 amide bonds. The Kier molecular flexibility index (Phi) is 6.55. The molecule has 12 nitrogen and oxygen atoms in total. The van der Waals surface area contributed by atoms with Crippen molar-refractivity contribution in [1.29, 1.82) is 0 Å². The minimum atomic E-state index is -2.76. The normalized spacial score (nSPS) is 19.4. The van der Waals surface area contributed by atoms with Gasteiger partial charge in [-0.2, -0.15) is 4.98 Å². The van der Waals surface area contributed by atoms with Gasteiger partial charge in [0.2, 0.25) is 23.5 Å². The van der Waals surface area contributed by atoms with Crippen molar-refractivity contribution in [3.05, 3.63) is 59.1 Å². The third kappa shape index (κ3) is 4.62. The Morgan fingerprint density at radius 2 is 1.76 bits per heavy atom. The molecule has 0 radical (unpaired) electrons. The monoisotopic (exact) mass is 567 g/mol. The molecule has 210 valence electrons. The highest BCUT2D eigenvalue weighted by molar-refractivity contribution is 6.21. The van der Waals surface area contributed by atoms with E-state index >= 15 is 4.39 Å². The maximum absolute atomic E-state index is 15.4. The van der Waals surface area contributed by atoms with Crippen molar-refractivity contribution < 1.29 is 36.9 Å². The van der Waals surface area contributed by atoms with Gasteiger partial charge in [0, 0.05) is 30.9 Å². The van der Waals surface area contributed by atoms with Crippen molar-refractivity contribution in [2.24, 2.45) is 0 Å². The quantitative estimate of drug-likeness (QED) is 0.439. The number of alkyl halides is 2. The number of rotatable bonds is 6. The zero-order chi connectivity index (χ0) is 28.8.